The Kier molecular flexibility index (Phi) is 6.15. The lowest BCUT2D eigenvalue weighted by atomic mass is 10.1. The van der Waals surface area contributed by atoms with Crippen molar-refractivity contribution in [3.8, 4) is 0 Å². The monoisotopic (exact) mass is 410 g/mol. The number of nitrogens with one attached hydrogen (secondary N) is 2. The zero-order chi connectivity index (χ0) is 17.7. The van der Waals surface area contributed by atoms with Gasteiger partial charge in [-0.1, -0.05) is 41.1 Å². The molecule has 0 radical (unpaired) electrons. The average molecular weight is 411 g/mol. The molecule has 24 heavy (non-hydrogen) atoms. The molecule has 0 saturated carbocycles. The largest absolute Gasteiger partial charge is 0.345 e. The van der Waals surface area contributed by atoms with Crippen molar-refractivity contribution < 1.29 is 13.2 Å². The second-order valence-electron chi connectivity index (χ2n) is 5.24. The fourth-order valence-corrected chi connectivity index (χ4v) is 3.91. The first-order chi connectivity index (χ1) is 11.3. The Bertz CT molecular complexity index is 820. The van der Waals surface area contributed by atoms with Gasteiger partial charge in [0.2, 0.25) is 10.0 Å². The predicted molar refractivity (Wildman–Crippen MR) is 97.3 cm³/mol. The van der Waals surface area contributed by atoms with Gasteiger partial charge in [-0.15, -0.1) is 0 Å². The van der Waals surface area contributed by atoms with Crippen molar-refractivity contribution in [1.82, 2.24) is 10.0 Å². The molecule has 0 aliphatic heterocycles. The van der Waals surface area contributed by atoms with Gasteiger partial charge in [0.05, 0.1) is 10.9 Å². The van der Waals surface area contributed by atoms with Crippen LogP contribution in [0.5, 0.6) is 0 Å². The Morgan fingerprint density at radius 2 is 1.75 bits per heavy atom. The van der Waals surface area contributed by atoms with Crippen LogP contribution in [-0.2, 0) is 10.0 Å². The number of benzene rings is 2. The van der Waals surface area contributed by atoms with Crippen LogP contribution in [0.2, 0.25) is 0 Å². The second kappa shape index (κ2) is 7.92. The maximum atomic E-state index is 12.3. The first-order valence-corrected chi connectivity index (χ1v) is 9.77. The molecular weight excluding hydrogens is 392 g/mol. The highest BCUT2D eigenvalue weighted by Gasteiger charge is 2.16. The van der Waals surface area contributed by atoms with E-state index in [1.54, 1.807) is 6.92 Å². The van der Waals surface area contributed by atoms with Crippen LogP contribution in [0.4, 0.5) is 0 Å². The molecule has 0 aromatic heterocycles. The van der Waals surface area contributed by atoms with E-state index in [0.717, 1.165) is 10.0 Å². The van der Waals surface area contributed by atoms with Gasteiger partial charge in [0.15, 0.2) is 0 Å². The lowest BCUT2D eigenvalue weighted by Crippen LogP contribution is -2.27. The number of rotatable bonds is 6. The summed E-state index contributed by atoms with van der Waals surface area (Å²) in [5, 5.41) is 2.90. The van der Waals surface area contributed by atoms with Crippen molar-refractivity contribution in [2.75, 3.05) is 6.54 Å². The minimum absolute atomic E-state index is 0.139. The maximum absolute atomic E-state index is 12.3. The van der Waals surface area contributed by atoms with Crippen molar-refractivity contribution >= 4 is 31.9 Å². The topological polar surface area (TPSA) is 75.3 Å². The number of amides is 1. The summed E-state index contributed by atoms with van der Waals surface area (Å²) in [7, 11) is -3.51. The summed E-state index contributed by atoms with van der Waals surface area (Å²) in [6.45, 7) is 3.92. The van der Waals surface area contributed by atoms with Crippen molar-refractivity contribution in [3.05, 3.63) is 64.1 Å². The standard InChI is InChI=1S/C17H19BrN2O3S/c1-3-19-24(22,23)14-10-8-13(9-11-14)17(21)20-12(2)15-6-4-5-7-16(15)18/h4-12,19H,3H2,1-2H3,(H,20,21)/t12-/m0/s1. The van der Waals surface area contributed by atoms with E-state index in [4.69, 9.17) is 0 Å². The smallest absolute Gasteiger partial charge is 0.251 e. The molecule has 0 saturated heterocycles. The summed E-state index contributed by atoms with van der Waals surface area (Å²) >= 11 is 3.46. The Hall–Kier alpha value is -1.70. The summed E-state index contributed by atoms with van der Waals surface area (Å²) in [5.41, 5.74) is 1.38. The molecule has 1 amide bonds. The lowest BCUT2D eigenvalue weighted by Gasteiger charge is -2.16. The number of hydrogen-bond acceptors (Lipinski definition) is 3. The van der Waals surface area contributed by atoms with Gasteiger partial charge < -0.3 is 5.32 Å². The Morgan fingerprint density at radius 1 is 1.12 bits per heavy atom. The van der Waals surface area contributed by atoms with Crippen molar-refractivity contribution in [1.29, 1.82) is 0 Å². The molecule has 1 atom stereocenters. The number of halogens is 1. The van der Waals surface area contributed by atoms with Crippen LogP contribution in [0.3, 0.4) is 0 Å². The summed E-state index contributed by atoms with van der Waals surface area (Å²) in [6.07, 6.45) is 0. The molecule has 0 aliphatic rings. The molecule has 2 rings (SSSR count). The minimum Gasteiger partial charge on any atom is -0.345 e. The lowest BCUT2D eigenvalue weighted by molar-refractivity contribution is 0.0939. The summed E-state index contributed by atoms with van der Waals surface area (Å²) in [4.78, 5) is 12.5. The predicted octanol–water partition coefficient (Wildman–Crippen LogP) is 3.24. The number of hydrogen-bond donors (Lipinski definition) is 2. The van der Waals surface area contributed by atoms with E-state index in [-0.39, 0.29) is 16.8 Å². The van der Waals surface area contributed by atoms with Crippen LogP contribution in [0.25, 0.3) is 0 Å². The SMILES string of the molecule is CCNS(=O)(=O)c1ccc(C(=O)N[C@@H](C)c2ccccc2Br)cc1. The van der Waals surface area contributed by atoms with Gasteiger partial charge >= 0.3 is 0 Å². The molecule has 128 valence electrons. The van der Waals surface area contributed by atoms with Crippen LogP contribution >= 0.6 is 15.9 Å². The molecule has 7 heteroatoms. The highest BCUT2D eigenvalue weighted by molar-refractivity contribution is 9.10. The van der Waals surface area contributed by atoms with Crippen molar-refractivity contribution in [2.24, 2.45) is 0 Å². The third-order valence-corrected chi connectivity index (χ3v) is 5.76. The third-order valence-electron chi connectivity index (χ3n) is 3.48. The average Bonchev–Trinajstić information content (AvgIpc) is 2.55. The molecular formula is C17H19BrN2O3S. The van der Waals surface area contributed by atoms with Crippen molar-refractivity contribution in [2.45, 2.75) is 24.8 Å². The fraction of sp³-hybridized carbons (Fsp3) is 0.235. The van der Waals surface area contributed by atoms with Crippen molar-refractivity contribution in [3.63, 3.8) is 0 Å². The van der Waals surface area contributed by atoms with Gasteiger partial charge in [-0.3, -0.25) is 4.79 Å². The van der Waals surface area contributed by atoms with Crippen LogP contribution in [0.15, 0.2) is 57.9 Å². The minimum atomic E-state index is -3.51. The van der Waals surface area contributed by atoms with Gasteiger partial charge in [-0.05, 0) is 42.8 Å². The first kappa shape index (κ1) is 18.6. The maximum Gasteiger partial charge on any atom is 0.251 e. The van der Waals surface area contributed by atoms with Gasteiger partial charge in [0.25, 0.3) is 5.91 Å². The first-order valence-electron chi connectivity index (χ1n) is 7.50. The Morgan fingerprint density at radius 3 is 2.33 bits per heavy atom. The fourth-order valence-electron chi connectivity index (χ4n) is 2.24. The van der Waals surface area contributed by atoms with E-state index in [1.165, 1.54) is 24.3 Å². The molecule has 0 bridgehead atoms. The third kappa shape index (κ3) is 4.43. The highest BCUT2D eigenvalue weighted by atomic mass is 79.9. The summed E-state index contributed by atoms with van der Waals surface area (Å²) < 4.78 is 27.1. The van der Waals surface area contributed by atoms with Crippen LogP contribution in [0, 0.1) is 0 Å². The molecule has 2 aromatic rings. The Balaban J connectivity index is 2.12. The molecule has 0 heterocycles. The van der Waals surface area contributed by atoms with E-state index in [9.17, 15) is 13.2 Å². The second-order valence-corrected chi connectivity index (χ2v) is 7.86. The quantitative estimate of drug-likeness (QED) is 0.767. The molecule has 2 aromatic carbocycles. The number of sulfonamides is 1. The molecule has 0 aliphatic carbocycles. The van der Waals surface area contributed by atoms with Gasteiger partial charge in [-0.25, -0.2) is 13.1 Å². The van der Waals surface area contributed by atoms with Crippen LogP contribution in [-0.4, -0.2) is 20.9 Å². The summed E-state index contributed by atoms with van der Waals surface area (Å²) in [6, 6.07) is 13.3. The molecule has 5 nitrogen and oxygen atoms in total. The van der Waals surface area contributed by atoms with E-state index in [0.29, 0.717) is 12.1 Å². The molecule has 2 N–H and O–H groups in total. The van der Waals surface area contributed by atoms with Gasteiger partial charge in [0, 0.05) is 16.6 Å². The highest BCUT2D eigenvalue weighted by Crippen LogP contribution is 2.23. The van der Waals surface area contributed by atoms with Gasteiger partial charge in [-0.2, -0.15) is 0 Å². The zero-order valence-corrected chi connectivity index (χ0v) is 15.8. The zero-order valence-electron chi connectivity index (χ0n) is 13.4. The van der Waals surface area contributed by atoms with Crippen LogP contribution in [0.1, 0.15) is 35.8 Å². The Labute approximate surface area is 150 Å². The van der Waals surface area contributed by atoms with E-state index < -0.39 is 10.0 Å². The molecule has 0 spiro atoms. The number of carbonyl (C=O) groups excluding carboxylic acids is 1. The number of carbonyl (C=O) groups is 1. The van der Waals surface area contributed by atoms with Gasteiger partial charge in [0.1, 0.15) is 0 Å². The molecule has 0 unspecified atom stereocenters. The summed E-state index contributed by atoms with van der Waals surface area (Å²) in [5.74, 6) is -0.259. The normalized spacial score (nSPS) is 12.6. The van der Waals surface area contributed by atoms with E-state index in [1.807, 2.05) is 31.2 Å². The molecule has 0 fully saturated rings. The van der Waals surface area contributed by atoms with E-state index >= 15 is 0 Å². The van der Waals surface area contributed by atoms with Crippen LogP contribution < -0.4 is 10.0 Å². The van der Waals surface area contributed by atoms with E-state index in [2.05, 4.69) is 26.0 Å².